The lowest BCUT2D eigenvalue weighted by Gasteiger charge is -2.21. The van der Waals surface area contributed by atoms with Gasteiger partial charge in [0.1, 0.15) is 5.82 Å². The van der Waals surface area contributed by atoms with Crippen LogP contribution in [0.25, 0.3) is 0 Å². The van der Waals surface area contributed by atoms with Crippen LogP contribution in [0.4, 0.5) is 5.82 Å². The molecule has 0 spiro atoms. The van der Waals surface area contributed by atoms with Crippen molar-refractivity contribution in [3.8, 4) is 0 Å². The van der Waals surface area contributed by atoms with Gasteiger partial charge in [0.2, 0.25) is 5.28 Å². The first-order chi connectivity index (χ1) is 6.70. The SMILES string of the molecule is CCN(c1cc(C)nc(Cl)n1)C1CC1. The maximum absolute atomic E-state index is 5.83. The van der Waals surface area contributed by atoms with Crippen molar-refractivity contribution in [3.63, 3.8) is 0 Å². The Morgan fingerprint density at radius 2 is 2.21 bits per heavy atom. The molecule has 76 valence electrons. The van der Waals surface area contributed by atoms with E-state index < -0.39 is 0 Å². The first kappa shape index (κ1) is 9.71. The summed E-state index contributed by atoms with van der Waals surface area (Å²) >= 11 is 5.83. The molecule has 1 fully saturated rings. The summed E-state index contributed by atoms with van der Waals surface area (Å²) in [5.74, 6) is 0.965. The summed E-state index contributed by atoms with van der Waals surface area (Å²) in [4.78, 5) is 10.6. The molecule has 0 atom stereocenters. The standard InChI is InChI=1S/C10H14ClN3/c1-3-14(8-4-5-8)9-6-7(2)12-10(11)13-9/h6,8H,3-5H2,1-2H3. The van der Waals surface area contributed by atoms with Crippen molar-refractivity contribution in [2.45, 2.75) is 32.7 Å². The Bertz CT molecular complexity index is 316. The molecule has 0 aliphatic heterocycles. The molecule has 1 aliphatic rings. The molecule has 2 rings (SSSR count). The molecule has 1 aromatic rings. The Labute approximate surface area is 89.1 Å². The van der Waals surface area contributed by atoms with E-state index in [0.29, 0.717) is 11.3 Å². The monoisotopic (exact) mass is 211 g/mol. The summed E-state index contributed by atoms with van der Waals surface area (Å²) < 4.78 is 0. The second kappa shape index (κ2) is 3.73. The fraction of sp³-hybridized carbons (Fsp3) is 0.600. The normalized spacial score (nSPS) is 15.6. The molecular weight excluding hydrogens is 198 g/mol. The van der Waals surface area contributed by atoms with E-state index >= 15 is 0 Å². The highest BCUT2D eigenvalue weighted by atomic mass is 35.5. The summed E-state index contributed by atoms with van der Waals surface area (Å²) in [5, 5.41) is 0.346. The summed E-state index contributed by atoms with van der Waals surface area (Å²) in [7, 11) is 0. The van der Waals surface area contributed by atoms with Crippen LogP contribution in [0.2, 0.25) is 5.28 Å². The molecule has 0 radical (unpaired) electrons. The lowest BCUT2D eigenvalue weighted by Crippen LogP contribution is -2.26. The zero-order valence-corrected chi connectivity index (χ0v) is 9.25. The van der Waals surface area contributed by atoms with Crippen LogP contribution in [-0.2, 0) is 0 Å². The van der Waals surface area contributed by atoms with Crippen LogP contribution in [0.5, 0.6) is 0 Å². The van der Waals surface area contributed by atoms with Crippen molar-refractivity contribution in [3.05, 3.63) is 17.0 Å². The van der Waals surface area contributed by atoms with Gasteiger partial charge in [-0.3, -0.25) is 0 Å². The van der Waals surface area contributed by atoms with Gasteiger partial charge in [0.25, 0.3) is 0 Å². The summed E-state index contributed by atoms with van der Waals surface area (Å²) in [5.41, 5.74) is 0.930. The number of aryl methyl sites for hydroxylation is 1. The van der Waals surface area contributed by atoms with Crippen LogP contribution >= 0.6 is 11.6 Å². The smallest absolute Gasteiger partial charge is 0.224 e. The average molecular weight is 212 g/mol. The molecule has 1 aromatic heterocycles. The predicted octanol–water partition coefficient (Wildman–Crippen LogP) is 2.43. The van der Waals surface area contributed by atoms with Gasteiger partial charge in [0.05, 0.1) is 0 Å². The molecule has 4 heteroatoms. The number of anilines is 1. The van der Waals surface area contributed by atoms with Crippen molar-refractivity contribution in [1.82, 2.24) is 9.97 Å². The number of halogens is 1. The lowest BCUT2D eigenvalue weighted by atomic mass is 10.4. The van der Waals surface area contributed by atoms with Gasteiger partial charge in [-0.1, -0.05) is 0 Å². The minimum Gasteiger partial charge on any atom is -0.354 e. The van der Waals surface area contributed by atoms with Gasteiger partial charge in [-0.15, -0.1) is 0 Å². The number of nitrogens with zero attached hydrogens (tertiary/aromatic N) is 3. The Morgan fingerprint density at radius 1 is 1.50 bits per heavy atom. The lowest BCUT2D eigenvalue weighted by molar-refractivity contribution is 0.803. The fourth-order valence-corrected chi connectivity index (χ4v) is 1.88. The van der Waals surface area contributed by atoms with Crippen LogP contribution in [0.3, 0.4) is 0 Å². The van der Waals surface area contributed by atoms with Crippen molar-refractivity contribution in [2.24, 2.45) is 0 Å². The third kappa shape index (κ3) is 1.98. The second-order valence-corrected chi connectivity index (χ2v) is 3.99. The second-order valence-electron chi connectivity index (χ2n) is 3.65. The summed E-state index contributed by atoms with van der Waals surface area (Å²) in [6.45, 7) is 5.07. The van der Waals surface area contributed by atoms with Gasteiger partial charge in [0, 0.05) is 24.3 Å². The van der Waals surface area contributed by atoms with Gasteiger partial charge < -0.3 is 4.90 Å². The van der Waals surface area contributed by atoms with Crippen LogP contribution in [0.1, 0.15) is 25.5 Å². The van der Waals surface area contributed by atoms with Crippen LogP contribution in [0, 0.1) is 6.92 Å². The molecule has 1 heterocycles. The van der Waals surface area contributed by atoms with Crippen molar-refractivity contribution in [2.75, 3.05) is 11.4 Å². The Hall–Kier alpha value is -0.830. The maximum Gasteiger partial charge on any atom is 0.224 e. The summed E-state index contributed by atoms with van der Waals surface area (Å²) in [6, 6.07) is 2.67. The molecule has 0 unspecified atom stereocenters. The average Bonchev–Trinajstić information content (AvgIpc) is 2.87. The number of hydrogen-bond acceptors (Lipinski definition) is 3. The van der Waals surface area contributed by atoms with Gasteiger partial charge in [0.15, 0.2) is 0 Å². The van der Waals surface area contributed by atoms with Gasteiger partial charge in [-0.2, -0.15) is 0 Å². The van der Waals surface area contributed by atoms with E-state index in [1.807, 2.05) is 13.0 Å². The molecule has 0 N–H and O–H groups in total. The van der Waals surface area contributed by atoms with Crippen molar-refractivity contribution in [1.29, 1.82) is 0 Å². The zero-order valence-electron chi connectivity index (χ0n) is 8.50. The van der Waals surface area contributed by atoms with E-state index in [1.54, 1.807) is 0 Å². The van der Waals surface area contributed by atoms with Crippen molar-refractivity contribution < 1.29 is 0 Å². The molecule has 3 nitrogen and oxygen atoms in total. The molecule has 0 aromatic carbocycles. The highest BCUT2D eigenvalue weighted by Crippen LogP contribution is 2.30. The van der Waals surface area contributed by atoms with E-state index in [0.717, 1.165) is 18.1 Å². The van der Waals surface area contributed by atoms with Crippen LogP contribution in [0.15, 0.2) is 6.07 Å². The summed E-state index contributed by atoms with van der Waals surface area (Å²) in [6.07, 6.45) is 2.54. The van der Waals surface area contributed by atoms with E-state index in [4.69, 9.17) is 11.6 Å². The van der Waals surface area contributed by atoms with Crippen LogP contribution in [-0.4, -0.2) is 22.6 Å². The number of aromatic nitrogens is 2. The molecule has 0 saturated heterocycles. The minimum atomic E-state index is 0.346. The van der Waals surface area contributed by atoms with Crippen molar-refractivity contribution >= 4 is 17.4 Å². The molecule has 1 saturated carbocycles. The highest BCUT2D eigenvalue weighted by molar-refractivity contribution is 6.28. The largest absolute Gasteiger partial charge is 0.354 e. The van der Waals surface area contributed by atoms with E-state index in [-0.39, 0.29) is 0 Å². The van der Waals surface area contributed by atoms with Gasteiger partial charge in [-0.25, -0.2) is 9.97 Å². The van der Waals surface area contributed by atoms with E-state index in [1.165, 1.54) is 12.8 Å². The molecule has 14 heavy (non-hydrogen) atoms. The molecule has 1 aliphatic carbocycles. The Morgan fingerprint density at radius 3 is 2.71 bits per heavy atom. The third-order valence-electron chi connectivity index (χ3n) is 2.44. The Balaban J connectivity index is 2.28. The fourth-order valence-electron chi connectivity index (χ4n) is 1.66. The zero-order chi connectivity index (χ0) is 10.1. The maximum atomic E-state index is 5.83. The first-order valence-electron chi connectivity index (χ1n) is 4.98. The molecule has 0 bridgehead atoms. The topological polar surface area (TPSA) is 29.0 Å². The minimum absolute atomic E-state index is 0.346. The Kier molecular flexibility index (Phi) is 2.59. The van der Waals surface area contributed by atoms with Gasteiger partial charge >= 0.3 is 0 Å². The third-order valence-corrected chi connectivity index (χ3v) is 2.61. The highest BCUT2D eigenvalue weighted by Gasteiger charge is 2.29. The van der Waals surface area contributed by atoms with Crippen LogP contribution < -0.4 is 4.90 Å². The molecule has 0 amide bonds. The predicted molar refractivity (Wildman–Crippen MR) is 57.8 cm³/mol. The first-order valence-corrected chi connectivity index (χ1v) is 5.36. The number of rotatable bonds is 3. The van der Waals surface area contributed by atoms with E-state index in [9.17, 15) is 0 Å². The van der Waals surface area contributed by atoms with E-state index in [2.05, 4.69) is 21.8 Å². The molecular formula is C10H14ClN3. The quantitative estimate of drug-likeness (QED) is 0.720. The number of hydrogen-bond donors (Lipinski definition) is 0. The van der Waals surface area contributed by atoms with Gasteiger partial charge in [-0.05, 0) is 38.3 Å².